The van der Waals surface area contributed by atoms with E-state index in [1.165, 1.54) is 0 Å². The van der Waals surface area contributed by atoms with Gasteiger partial charge in [-0.05, 0) is 37.5 Å². The Morgan fingerprint density at radius 2 is 2.13 bits per heavy atom. The number of hydrogen-bond acceptors (Lipinski definition) is 2. The lowest BCUT2D eigenvalue weighted by molar-refractivity contribution is -0.0725. The first-order valence-corrected chi connectivity index (χ1v) is 5.54. The smallest absolute Gasteiger partial charge is 0.0637 e. The SMILES string of the molecule is CC1(O)CC(CN)(c2cccc(Cl)c2)C1. The summed E-state index contributed by atoms with van der Waals surface area (Å²) in [7, 11) is 0. The average molecular weight is 226 g/mol. The zero-order valence-corrected chi connectivity index (χ0v) is 9.59. The number of hydrogen-bond donors (Lipinski definition) is 2. The molecule has 0 unspecified atom stereocenters. The van der Waals surface area contributed by atoms with Crippen molar-refractivity contribution in [1.29, 1.82) is 0 Å². The Hall–Kier alpha value is -0.570. The molecule has 1 aliphatic rings. The van der Waals surface area contributed by atoms with Crippen LogP contribution in [0.5, 0.6) is 0 Å². The van der Waals surface area contributed by atoms with Crippen molar-refractivity contribution in [3.05, 3.63) is 34.9 Å². The van der Waals surface area contributed by atoms with E-state index in [1.54, 1.807) is 0 Å². The summed E-state index contributed by atoms with van der Waals surface area (Å²) < 4.78 is 0. The molecule has 0 saturated heterocycles. The molecule has 0 amide bonds. The Morgan fingerprint density at radius 1 is 1.47 bits per heavy atom. The fourth-order valence-corrected chi connectivity index (χ4v) is 2.88. The maximum absolute atomic E-state index is 9.82. The van der Waals surface area contributed by atoms with E-state index < -0.39 is 5.60 Å². The topological polar surface area (TPSA) is 46.2 Å². The molecule has 0 heterocycles. The molecular weight excluding hydrogens is 210 g/mol. The Bertz CT molecular complexity index is 368. The highest BCUT2D eigenvalue weighted by molar-refractivity contribution is 6.30. The van der Waals surface area contributed by atoms with Crippen LogP contribution in [0.4, 0.5) is 0 Å². The monoisotopic (exact) mass is 225 g/mol. The molecule has 1 aromatic carbocycles. The number of rotatable bonds is 2. The van der Waals surface area contributed by atoms with Crippen molar-refractivity contribution in [2.24, 2.45) is 5.73 Å². The summed E-state index contributed by atoms with van der Waals surface area (Å²) in [5.41, 5.74) is 6.32. The summed E-state index contributed by atoms with van der Waals surface area (Å²) >= 11 is 5.96. The van der Waals surface area contributed by atoms with Crippen LogP contribution in [0.1, 0.15) is 25.3 Å². The van der Waals surface area contributed by atoms with Crippen LogP contribution in [0.3, 0.4) is 0 Å². The molecule has 0 aromatic heterocycles. The van der Waals surface area contributed by atoms with Crippen molar-refractivity contribution in [3.8, 4) is 0 Å². The average Bonchev–Trinajstić information content (AvgIpc) is 2.13. The van der Waals surface area contributed by atoms with Gasteiger partial charge < -0.3 is 10.8 Å². The molecule has 0 aliphatic heterocycles. The van der Waals surface area contributed by atoms with Crippen LogP contribution in [-0.4, -0.2) is 17.3 Å². The van der Waals surface area contributed by atoms with E-state index in [-0.39, 0.29) is 5.41 Å². The van der Waals surface area contributed by atoms with Gasteiger partial charge in [0.15, 0.2) is 0 Å². The Morgan fingerprint density at radius 3 is 2.60 bits per heavy atom. The van der Waals surface area contributed by atoms with Crippen LogP contribution < -0.4 is 5.73 Å². The quantitative estimate of drug-likeness (QED) is 0.810. The van der Waals surface area contributed by atoms with Crippen LogP contribution in [0.15, 0.2) is 24.3 Å². The molecule has 3 N–H and O–H groups in total. The molecule has 1 aliphatic carbocycles. The maximum Gasteiger partial charge on any atom is 0.0637 e. The zero-order chi connectivity index (χ0) is 11.1. The highest BCUT2D eigenvalue weighted by atomic mass is 35.5. The third-order valence-electron chi connectivity index (χ3n) is 3.27. The minimum atomic E-state index is -0.568. The van der Waals surface area contributed by atoms with E-state index in [9.17, 15) is 5.11 Å². The number of aliphatic hydroxyl groups is 1. The Kier molecular flexibility index (Phi) is 2.53. The number of benzene rings is 1. The van der Waals surface area contributed by atoms with E-state index in [1.807, 2.05) is 31.2 Å². The molecule has 0 atom stereocenters. The maximum atomic E-state index is 9.82. The van der Waals surface area contributed by atoms with Gasteiger partial charge in [-0.1, -0.05) is 23.7 Å². The predicted octanol–water partition coefficient (Wildman–Crippen LogP) is 2.08. The fourth-order valence-electron chi connectivity index (χ4n) is 2.69. The summed E-state index contributed by atoms with van der Waals surface area (Å²) in [5.74, 6) is 0. The van der Waals surface area contributed by atoms with Gasteiger partial charge in [0.1, 0.15) is 0 Å². The molecular formula is C12H16ClNO. The fraction of sp³-hybridized carbons (Fsp3) is 0.500. The third-order valence-corrected chi connectivity index (χ3v) is 3.50. The van der Waals surface area contributed by atoms with Gasteiger partial charge in [0.25, 0.3) is 0 Å². The molecule has 2 rings (SSSR count). The van der Waals surface area contributed by atoms with Crippen LogP contribution in [-0.2, 0) is 5.41 Å². The van der Waals surface area contributed by atoms with Gasteiger partial charge in [0.05, 0.1) is 5.60 Å². The number of halogens is 1. The molecule has 0 radical (unpaired) electrons. The van der Waals surface area contributed by atoms with Gasteiger partial charge in [0.2, 0.25) is 0 Å². The lowest BCUT2D eigenvalue weighted by Crippen LogP contribution is -2.56. The normalized spacial score (nSPS) is 34.9. The van der Waals surface area contributed by atoms with E-state index in [0.717, 1.165) is 23.4 Å². The highest BCUT2D eigenvalue weighted by Crippen LogP contribution is 2.49. The second-order valence-electron chi connectivity index (χ2n) is 4.85. The minimum absolute atomic E-state index is 0.0750. The lowest BCUT2D eigenvalue weighted by Gasteiger charge is -2.52. The van der Waals surface area contributed by atoms with Gasteiger partial charge in [0, 0.05) is 17.0 Å². The van der Waals surface area contributed by atoms with Crippen molar-refractivity contribution in [3.63, 3.8) is 0 Å². The second-order valence-corrected chi connectivity index (χ2v) is 5.28. The van der Waals surface area contributed by atoms with Gasteiger partial charge >= 0.3 is 0 Å². The van der Waals surface area contributed by atoms with Crippen molar-refractivity contribution in [2.45, 2.75) is 30.8 Å². The van der Waals surface area contributed by atoms with Crippen molar-refractivity contribution in [1.82, 2.24) is 0 Å². The van der Waals surface area contributed by atoms with Gasteiger partial charge in [-0.3, -0.25) is 0 Å². The molecule has 0 spiro atoms. The van der Waals surface area contributed by atoms with Crippen molar-refractivity contribution in [2.75, 3.05) is 6.54 Å². The largest absolute Gasteiger partial charge is 0.390 e. The van der Waals surface area contributed by atoms with Crippen molar-refractivity contribution < 1.29 is 5.11 Å². The molecule has 15 heavy (non-hydrogen) atoms. The third kappa shape index (κ3) is 1.89. The lowest BCUT2D eigenvalue weighted by atomic mass is 9.57. The van der Waals surface area contributed by atoms with Gasteiger partial charge in [-0.2, -0.15) is 0 Å². The van der Waals surface area contributed by atoms with E-state index >= 15 is 0 Å². The predicted molar refractivity (Wildman–Crippen MR) is 62.0 cm³/mol. The Balaban J connectivity index is 2.29. The Labute approximate surface area is 95.1 Å². The summed E-state index contributed by atoms with van der Waals surface area (Å²) in [5, 5.41) is 10.6. The first-order chi connectivity index (χ1) is 6.97. The van der Waals surface area contributed by atoms with Crippen LogP contribution >= 0.6 is 11.6 Å². The number of nitrogens with two attached hydrogens (primary N) is 1. The highest BCUT2D eigenvalue weighted by Gasteiger charge is 2.51. The molecule has 1 aromatic rings. The van der Waals surface area contributed by atoms with Gasteiger partial charge in [-0.25, -0.2) is 0 Å². The first-order valence-electron chi connectivity index (χ1n) is 5.16. The summed E-state index contributed by atoms with van der Waals surface area (Å²) in [4.78, 5) is 0. The first kappa shape index (κ1) is 10.9. The second kappa shape index (κ2) is 3.48. The van der Waals surface area contributed by atoms with Crippen LogP contribution in [0.25, 0.3) is 0 Å². The van der Waals surface area contributed by atoms with Crippen LogP contribution in [0, 0.1) is 0 Å². The molecule has 2 nitrogen and oxygen atoms in total. The zero-order valence-electron chi connectivity index (χ0n) is 8.83. The molecule has 82 valence electrons. The standard InChI is InChI=1S/C12H16ClNO/c1-11(15)6-12(7-11,8-14)9-3-2-4-10(13)5-9/h2-5,15H,6-8,14H2,1H3. The minimum Gasteiger partial charge on any atom is -0.390 e. The van der Waals surface area contributed by atoms with Crippen molar-refractivity contribution >= 4 is 11.6 Å². The van der Waals surface area contributed by atoms with E-state index in [4.69, 9.17) is 17.3 Å². The van der Waals surface area contributed by atoms with E-state index in [2.05, 4.69) is 0 Å². The molecule has 3 heteroatoms. The van der Waals surface area contributed by atoms with Gasteiger partial charge in [-0.15, -0.1) is 0 Å². The summed E-state index contributed by atoms with van der Waals surface area (Å²) in [6.07, 6.45) is 1.44. The van der Waals surface area contributed by atoms with E-state index in [0.29, 0.717) is 6.54 Å². The summed E-state index contributed by atoms with van der Waals surface area (Å²) in [6.45, 7) is 2.41. The molecule has 0 bridgehead atoms. The van der Waals surface area contributed by atoms with Crippen LogP contribution in [0.2, 0.25) is 5.02 Å². The molecule has 1 fully saturated rings. The summed E-state index contributed by atoms with van der Waals surface area (Å²) in [6, 6.07) is 7.77. The molecule has 1 saturated carbocycles.